The Hall–Kier alpha value is -4.55. The zero-order chi connectivity index (χ0) is 60.7. The zero-order valence-electron chi connectivity index (χ0n) is 52.9. The molecule has 456 valence electrons. The van der Waals surface area contributed by atoms with Crippen molar-refractivity contribution < 1.29 is 61.8 Å². The average Bonchev–Trinajstić information content (AvgIpc) is 1.57. The molecular weight excluding hydrogens is 1080 g/mol. The van der Waals surface area contributed by atoms with Crippen LogP contribution in [0, 0.1) is 5.92 Å². The number of fused-ring (bicyclic) bond motifs is 2. The average molecular weight is 1180 g/mol. The van der Waals surface area contributed by atoms with Crippen LogP contribution in [0.25, 0.3) is 5.57 Å². The van der Waals surface area contributed by atoms with E-state index in [0.29, 0.717) is 40.2 Å². The molecule has 2 fully saturated rings. The summed E-state index contributed by atoms with van der Waals surface area (Å²) in [5.74, 6) is -0.593. The minimum Gasteiger partial charge on any atom is -0.396 e. The molecule has 9 heteroatoms. The van der Waals surface area contributed by atoms with Crippen LogP contribution in [-0.2, 0) is 69.5 Å². The van der Waals surface area contributed by atoms with Gasteiger partial charge >= 0.3 is 0 Å². The van der Waals surface area contributed by atoms with Gasteiger partial charge in [-0.1, -0.05) is 234 Å². The first-order valence-electron chi connectivity index (χ1n) is 29.9. The van der Waals surface area contributed by atoms with Crippen molar-refractivity contribution in [1.82, 2.24) is 0 Å². The van der Waals surface area contributed by atoms with Gasteiger partial charge in [0.05, 0.1) is 6.61 Å². The van der Waals surface area contributed by atoms with Crippen molar-refractivity contribution >= 4 is 5.57 Å². The summed E-state index contributed by atoms with van der Waals surface area (Å²) in [6.45, 7) is 34.2. The third kappa shape index (κ3) is 16.5. The normalized spacial score (nSPS) is 22.0. The zero-order valence-corrected chi connectivity index (χ0v) is 54.5. The summed E-state index contributed by atoms with van der Waals surface area (Å²) >= 11 is 0. The molecule has 4 atom stereocenters. The van der Waals surface area contributed by atoms with Crippen molar-refractivity contribution in [3.63, 3.8) is 0 Å². The standard InChI is InChI=1S/C31H30O4.C19H28O.C18H26O.2C3H8O.CH4.Ti/c1-29(2)34-27(30(32,23-15-7-3-8-16-23)24-17-9-4-10-18-24)28(35-29)31(33,25-19-11-5-12-20-25)26-21-13-6-14-22-26;1-17(2)8-9-18(3,4)16-10-13(6-7-15(16)17)19(5)11-14(19)12-20;1-13(8-11-19)14-6-7-15-16(12-14)18(4,5)10-9-17(15,2)3;2*1-3(2)4;;/h3-22,27-28,32-33H,1-2H3;6-7,10,14,20H,8-9,11-12H2,1-5H3;6-8,12,19H,9-11H2,1-5H3;2*3-4H,1-2H3;1H4;/b;;13-8-;;;;/t27-,28-;14-,19+;;;;;/m10...../s1. The van der Waals surface area contributed by atoms with Crippen LogP contribution in [0.15, 0.2) is 164 Å². The molecule has 0 spiro atoms. The molecule has 84 heavy (non-hydrogen) atoms. The molecule has 6 aromatic rings. The fourth-order valence-corrected chi connectivity index (χ4v) is 12.2. The molecule has 0 unspecified atom stereocenters. The quantitative estimate of drug-likeness (QED) is 0.0746. The third-order valence-corrected chi connectivity index (χ3v) is 17.6. The van der Waals surface area contributed by atoms with Crippen molar-refractivity contribution in [2.24, 2.45) is 5.92 Å². The van der Waals surface area contributed by atoms with Crippen molar-refractivity contribution in [2.45, 2.75) is 219 Å². The van der Waals surface area contributed by atoms with E-state index in [2.05, 4.69) is 106 Å². The Morgan fingerprint density at radius 2 is 0.810 bits per heavy atom. The van der Waals surface area contributed by atoms with Gasteiger partial charge in [-0.15, -0.1) is 0 Å². The first-order valence-corrected chi connectivity index (χ1v) is 29.9. The molecule has 1 aliphatic heterocycles. The van der Waals surface area contributed by atoms with Gasteiger partial charge in [0.25, 0.3) is 0 Å². The minimum absolute atomic E-state index is 0. The van der Waals surface area contributed by atoms with E-state index in [9.17, 15) is 15.3 Å². The summed E-state index contributed by atoms with van der Waals surface area (Å²) < 4.78 is 13.0. The molecule has 0 bridgehead atoms. The van der Waals surface area contributed by atoms with E-state index >= 15 is 0 Å². The van der Waals surface area contributed by atoms with Gasteiger partial charge in [-0.3, -0.25) is 0 Å². The smallest absolute Gasteiger partial charge is 0.164 e. The number of aliphatic hydroxyl groups is 6. The maximum atomic E-state index is 12.6. The third-order valence-electron chi connectivity index (χ3n) is 17.6. The van der Waals surface area contributed by atoms with Gasteiger partial charge < -0.3 is 40.1 Å². The first-order chi connectivity index (χ1) is 38.3. The topological polar surface area (TPSA) is 140 Å². The number of hydrogen-bond acceptors (Lipinski definition) is 8. The van der Waals surface area contributed by atoms with Crippen molar-refractivity contribution in [2.75, 3.05) is 13.2 Å². The molecule has 1 heterocycles. The molecule has 10 rings (SSSR count). The second kappa shape index (κ2) is 29.0. The van der Waals surface area contributed by atoms with Gasteiger partial charge in [0.15, 0.2) is 5.79 Å². The van der Waals surface area contributed by atoms with E-state index in [1.54, 1.807) is 27.7 Å². The monoisotopic (exact) mass is 1180 g/mol. The summed E-state index contributed by atoms with van der Waals surface area (Å²) in [4.78, 5) is 0. The molecule has 3 aliphatic carbocycles. The molecule has 0 radical (unpaired) electrons. The Morgan fingerprint density at radius 1 is 0.500 bits per heavy atom. The first kappa shape index (κ1) is 71.9. The number of hydrogen-bond donors (Lipinski definition) is 6. The second-order valence-electron chi connectivity index (χ2n) is 27.3. The number of aliphatic hydroxyl groups excluding tert-OH is 4. The minimum atomic E-state index is -1.60. The Labute approximate surface area is 521 Å². The molecule has 0 amide bonds. The van der Waals surface area contributed by atoms with Gasteiger partial charge in [0, 0.05) is 40.5 Å². The maximum Gasteiger partial charge on any atom is 0.164 e. The Kier molecular flexibility index (Phi) is 24.8. The van der Waals surface area contributed by atoms with E-state index in [1.807, 2.05) is 141 Å². The Morgan fingerprint density at radius 3 is 1.12 bits per heavy atom. The van der Waals surface area contributed by atoms with Crippen LogP contribution in [-0.4, -0.2) is 74.1 Å². The van der Waals surface area contributed by atoms with E-state index < -0.39 is 29.2 Å². The number of benzene rings is 6. The van der Waals surface area contributed by atoms with Crippen LogP contribution < -0.4 is 0 Å². The summed E-state index contributed by atoms with van der Waals surface area (Å²) in [6, 6.07) is 51.7. The summed E-state index contributed by atoms with van der Waals surface area (Å²) in [5.41, 5.74) is 10.6. The molecule has 8 nitrogen and oxygen atoms in total. The molecular formula is C75H104O8Ti. The van der Waals surface area contributed by atoms with Crippen LogP contribution in [0.5, 0.6) is 0 Å². The predicted molar refractivity (Wildman–Crippen MR) is 344 cm³/mol. The molecule has 1 saturated carbocycles. The van der Waals surface area contributed by atoms with Crippen molar-refractivity contribution in [3.05, 3.63) is 219 Å². The van der Waals surface area contributed by atoms with E-state index in [-0.39, 0.29) is 69.6 Å². The number of rotatable bonds is 10. The Balaban J connectivity index is 0.000000265. The fraction of sp³-hybridized carbons (Fsp3) is 0.493. The second-order valence-corrected chi connectivity index (χ2v) is 27.3. The van der Waals surface area contributed by atoms with E-state index in [0.717, 1.165) is 12.0 Å². The number of allylic oxidation sites excluding steroid dienone is 1. The van der Waals surface area contributed by atoms with Gasteiger partial charge in [0.1, 0.15) is 23.4 Å². The molecule has 4 aliphatic rings. The van der Waals surface area contributed by atoms with Crippen LogP contribution in [0.4, 0.5) is 0 Å². The van der Waals surface area contributed by atoms with Crippen molar-refractivity contribution in [3.8, 4) is 0 Å². The SMILES string of the molecule is C.C/C(=C/CO)c1ccc2c(c1)C(C)(C)CCC2(C)C.CC(C)O.CC(C)O.CC1(C)CCC(C)(C)c2cc([C@@]3(C)C[C@H]3CO)ccc21.CC1(C)O[C@@H](C(O)(c2ccccc2)c2ccccc2)[C@H](C(O)(c2ccccc2)c2ccccc2)O1.[Ti]. The van der Waals surface area contributed by atoms with E-state index in [1.165, 1.54) is 59.1 Å². The Bertz CT molecular complexity index is 2810. The fourth-order valence-electron chi connectivity index (χ4n) is 12.2. The van der Waals surface area contributed by atoms with Crippen LogP contribution in [0.1, 0.15) is 206 Å². The largest absolute Gasteiger partial charge is 0.396 e. The summed E-state index contributed by atoms with van der Waals surface area (Å²) in [7, 11) is 0. The van der Waals surface area contributed by atoms with Gasteiger partial charge in [0.2, 0.25) is 0 Å². The molecule has 1 saturated heterocycles. The number of ether oxygens (including phenoxy) is 2. The van der Waals surface area contributed by atoms with Gasteiger partial charge in [-0.25, -0.2) is 0 Å². The molecule has 6 N–H and O–H groups in total. The predicted octanol–water partition coefficient (Wildman–Crippen LogP) is 15.5. The molecule has 0 aromatic heterocycles. The van der Waals surface area contributed by atoms with Gasteiger partial charge in [-0.05, 0) is 175 Å². The van der Waals surface area contributed by atoms with Crippen LogP contribution >= 0.6 is 0 Å². The van der Waals surface area contributed by atoms with E-state index in [4.69, 9.17) is 24.8 Å². The van der Waals surface area contributed by atoms with Crippen LogP contribution in [0.3, 0.4) is 0 Å². The summed E-state index contributed by atoms with van der Waals surface area (Å²) in [5, 5.41) is 59.8. The van der Waals surface area contributed by atoms with Crippen molar-refractivity contribution in [1.29, 1.82) is 0 Å². The molecule has 6 aromatic carbocycles. The van der Waals surface area contributed by atoms with Gasteiger partial charge in [-0.2, -0.15) is 0 Å². The maximum absolute atomic E-state index is 12.6. The summed E-state index contributed by atoms with van der Waals surface area (Å²) in [6.07, 6.45) is 5.81. The van der Waals surface area contributed by atoms with Crippen LogP contribution in [0.2, 0.25) is 0 Å².